The lowest BCUT2D eigenvalue weighted by Crippen LogP contribution is -2.59. The third-order valence-electron chi connectivity index (χ3n) is 6.65. The number of hydrogen-bond donors (Lipinski definition) is 8. The normalized spacial score (nSPS) is 18.2. The van der Waals surface area contributed by atoms with Gasteiger partial charge in [-0.25, -0.2) is 4.79 Å². The van der Waals surface area contributed by atoms with Crippen molar-refractivity contribution in [3.05, 3.63) is 0 Å². The van der Waals surface area contributed by atoms with Crippen molar-refractivity contribution in [2.24, 2.45) is 17.4 Å². The van der Waals surface area contributed by atoms with Crippen LogP contribution in [0.2, 0.25) is 0 Å². The molecule has 0 saturated carbocycles. The summed E-state index contributed by atoms with van der Waals surface area (Å²) in [5, 5.41) is 34.1. The number of primary amides is 1. The van der Waals surface area contributed by atoms with E-state index in [1.54, 1.807) is 13.8 Å². The molecule has 1 aliphatic heterocycles. The first kappa shape index (κ1) is 34.7. The summed E-state index contributed by atoms with van der Waals surface area (Å²) < 4.78 is 0. The molecule has 1 saturated heterocycles. The van der Waals surface area contributed by atoms with Gasteiger partial charge in [-0.05, 0) is 25.2 Å². The number of nitrogens with two attached hydrogens (primary N) is 2. The number of carbonyl (C=O) groups excluding carboxylic acids is 5. The SMILES string of the molecule is CCC(C)C(NC(=O)C(N)CC(=O)O)C(=O)N1CCCC1C(=O)NC(CCC(=O)O)C(=O)NC(CC(N)=O)C(=O)O. The molecule has 17 heteroatoms. The Morgan fingerprint density at radius 2 is 1.54 bits per heavy atom. The highest BCUT2D eigenvalue weighted by molar-refractivity contribution is 5.96. The third kappa shape index (κ3) is 11.0. The van der Waals surface area contributed by atoms with E-state index >= 15 is 0 Å². The molecule has 230 valence electrons. The van der Waals surface area contributed by atoms with Crippen LogP contribution in [-0.2, 0) is 38.4 Å². The molecule has 41 heavy (non-hydrogen) atoms. The smallest absolute Gasteiger partial charge is 0.326 e. The molecule has 0 aliphatic carbocycles. The fraction of sp³-hybridized carbons (Fsp3) is 0.667. The molecule has 0 aromatic rings. The van der Waals surface area contributed by atoms with Crippen LogP contribution in [-0.4, -0.2) is 104 Å². The molecule has 0 aromatic carbocycles. The van der Waals surface area contributed by atoms with Crippen molar-refractivity contribution >= 4 is 47.4 Å². The van der Waals surface area contributed by atoms with Crippen LogP contribution in [0.15, 0.2) is 0 Å². The van der Waals surface area contributed by atoms with Crippen LogP contribution >= 0.6 is 0 Å². The van der Waals surface area contributed by atoms with Crippen LogP contribution in [0, 0.1) is 5.92 Å². The lowest BCUT2D eigenvalue weighted by Gasteiger charge is -2.32. The number of likely N-dealkylation sites (tertiary alicyclic amines) is 1. The third-order valence-corrected chi connectivity index (χ3v) is 6.65. The summed E-state index contributed by atoms with van der Waals surface area (Å²) in [6.07, 6.45) is -1.42. The first-order valence-electron chi connectivity index (χ1n) is 13.0. The zero-order valence-electron chi connectivity index (χ0n) is 22.8. The van der Waals surface area contributed by atoms with Crippen molar-refractivity contribution in [3.8, 4) is 0 Å². The van der Waals surface area contributed by atoms with Crippen molar-refractivity contribution in [3.63, 3.8) is 0 Å². The standard InChI is InChI=1S/C24H38N6O11/c1-3-11(2)19(29-20(36)12(25)9-18(34)35)23(39)30-8-4-5-15(30)22(38)27-13(6-7-17(32)33)21(37)28-14(24(40)41)10-16(26)31/h11-15,19H,3-10,25H2,1-2H3,(H2,26,31)(H,27,38)(H,28,37)(H,29,36)(H,32,33)(H,34,35)(H,40,41). The molecule has 1 heterocycles. The maximum absolute atomic E-state index is 13.5. The van der Waals surface area contributed by atoms with Gasteiger partial charge in [0.1, 0.15) is 24.2 Å². The molecule has 0 spiro atoms. The Morgan fingerprint density at radius 3 is 2.05 bits per heavy atom. The molecular formula is C24H38N6O11. The summed E-state index contributed by atoms with van der Waals surface area (Å²) in [6, 6.07) is -6.91. The summed E-state index contributed by atoms with van der Waals surface area (Å²) in [5.41, 5.74) is 10.6. The zero-order chi connectivity index (χ0) is 31.4. The molecule has 6 atom stereocenters. The minimum Gasteiger partial charge on any atom is -0.481 e. The van der Waals surface area contributed by atoms with Gasteiger partial charge in [0, 0.05) is 13.0 Å². The number of nitrogens with zero attached hydrogens (tertiary/aromatic N) is 1. The van der Waals surface area contributed by atoms with Gasteiger partial charge >= 0.3 is 17.9 Å². The first-order valence-corrected chi connectivity index (χ1v) is 13.0. The summed E-state index contributed by atoms with van der Waals surface area (Å²) in [6.45, 7) is 3.55. The highest BCUT2D eigenvalue weighted by atomic mass is 16.4. The number of amides is 5. The van der Waals surface area contributed by atoms with Crippen molar-refractivity contribution in [1.82, 2.24) is 20.9 Å². The predicted octanol–water partition coefficient (Wildman–Crippen LogP) is -2.90. The van der Waals surface area contributed by atoms with Gasteiger partial charge in [0.25, 0.3) is 0 Å². The Hall–Kier alpha value is -4.28. The summed E-state index contributed by atoms with van der Waals surface area (Å²) >= 11 is 0. The quantitative estimate of drug-likeness (QED) is 0.0852. The Kier molecular flexibility index (Phi) is 13.6. The lowest BCUT2D eigenvalue weighted by molar-refractivity contribution is -0.145. The number of nitrogens with one attached hydrogen (secondary N) is 3. The maximum Gasteiger partial charge on any atom is 0.326 e. The maximum atomic E-state index is 13.5. The molecular weight excluding hydrogens is 548 g/mol. The molecule has 17 nitrogen and oxygen atoms in total. The van der Waals surface area contributed by atoms with Gasteiger partial charge in [0.15, 0.2) is 0 Å². The molecule has 0 radical (unpaired) electrons. The van der Waals surface area contributed by atoms with E-state index < -0.39 is 109 Å². The second-order valence-electron chi connectivity index (χ2n) is 9.83. The van der Waals surface area contributed by atoms with Crippen molar-refractivity contribution < 1.29 is 53.7 Å². The highest BCUT2D eigenvalue weighted by Crippen LogP contribution is 2.22. The average molecular weight is 587 g/mol. The topological polar surface area (TPSA) is 289 Å². The summed E-state index contributed by atoms with van der Waals surface area (Å²) in [7, 11) is 0. The minimum absolute atomic E-state index is 0.118. The number of hydrogen-bond acceptors (Lipinski definition) is 9. The zero-order valence-corrected chi connectivity index (χ0v) is 22.8. The van der Waals surface area contributed by atoms with Crippen LogP contribution in [0.3, 0.4) is 0 Å². The lowest BCUT2D eigenvalue weighted by atomic mass is 9.96. The van der Waals surface area contributed by atoms with E-state index in [1.807, 2.05) is 0 Å². The first-order chi connectivity index (χ1) is 19.1. The molecule has 1 fully saturated rings. The van der Waals surface area contributed by atoms with Gasteiger partial charge in [-0.3, -0.25) is 33.6 Å². The van der Waals surface area contributed by atoms with Crippen LogP contribution in [0.1, 0.15) is 58.8 Å². The monoisotopic (exact) mass is 586 g/mol. The van der Waals surface area contributed by atoms with E-state index in [4.69, 9.17) is 21.7 Å². The van der Waals surface area contributed by atoms with E-state index in [0.717, 1.165) is 0 Å². The second-order valence-corrected chi connectivity index (χ2v) is 9.83. The van der Waals surface area contributed by atoms with Crippen molar-refractivity contribution in [2.45, 2.75) is 89.0 Å². The molecule has 1 rings (SSSR count). The van der Waals surface area contributed by atoms with Crippen LogP contribution in [0.25, 0.3) is 0 Å². The van der Waals surface area contributed by atoms with E-state index in [9.17, 15) is 43.5 Å². The van der Waals surface area contributed by atoms with Crippen molar-refractivity contribution in [1.29, 1.82) is 0 Å². The van der Waals surface area contributed by atoms with Gasteiger partial charge in [-0.1, -0.05) is 20.3 Å². The number of carboxylic acid groups (broad SMARTS) is 3. The predicted molar refractivity (Wildman–Crippen MR) is 139 cm³/mol. The fourth-order valence-electron chi connectivity index (χ4n) is 4.18. The van der Waals surface area contributed by atoms with E-state index in [0.29, 0.717) is 12.8 Å². The molecule has 1 aliphatic rings. The molecule has 6 unspecified atom stereocenters. The summed E-state index contributed by atoms with van der Waals surface area (Å²) in [4.78, 5) is 97.8. The molecule has 0 aromatic heterocycles. The van der Waals surface area contributed by atoms with Gasteiger partial charge < -0.3 is 47.6 Å². The van der Waals surface area contributed by atoms with E-state index in [-0.39, 0.29) is 13.0 Å². The Balaban J connectivity index is 3.13. The Labute approximate surface area is 235 Å². The number of aliphatic carboxylic acids is 3. The molecule has 5 amide bonds. The molecule has 0 bridgehead atoms. The summed E-state index contributed by atoms with van der Waals surface area (Å²) in [5.74, 6) is -9.00. The van der Waals surface area contributed by atoms with Crippen LogP contribution < -0.4 is 27.4 Å². The van der Waals surface area contributed by atoms with Crippen molar-refractivity contribution in [2.75, 3.05) is 6.54 Å². The van der Waals surface area contributed by atoms with E-state index in [2.05, 4.69) is 16.0 Å². The largest absolute Gasteiger partial charge is 0.481 e. The van der Waals surface area contributed by atoms with E-state index in [1.165, 1.54) is 4.90 Å². The number of rotatable bonds is 17. The Morgan fingerprint density at radius 1 is 0.902 bits per heavy atom. The number of carbonyl (C=O) groups is 8. The second kappa shape index (κ2) is 16.1. The molecule has 10 N–H and O–H groups in total. The van der Waals surface area contributed by atoms with Crippen LogP contribution in [0.5, 0.6) is 0 Å². The van der Waals surface area contributed by atoms with Gasteiger partial charge in [-0.2, -0.15) is 0 Å². The average Bonchev–Trinajstić information content (AvgIpc) is 3.37. The van der Waals surface area contributed by atoms with Gasteiger partial charge in [0.05, 0.1) is 18.9 Å². The number of carboxylic acids is 3. The Bertz CT molecular complexity index is 1040. The van der Waals surface area contributed by atoms with Gasteiger partial charge in [-0.15, -0.1) is 0 Å². The minimum atomic E-state index is -1.72. The fourth-order valence-corrected chi connectivity index (χ4v) is 4.18. The van der Waals surface area contributed by atoms with Gasteiger partial charge in [0.2, 0.25) is 29.5 Å². The van der Waals surface area contributed by atoms with Crippen LogP contribution in [0.4, 0.5) is 0 Å². The highest BCUT2D eigenvalue weighted by Gasteiger charge is 2.41.